The molecule has 8 heteroatoms. The van der Waals surface area contributed by atoms with Crippen LogP contribution in [-0.2, 0) is 9.84 Å². The minimum absolute atomic E-state index is 0.161. The average Bonchev–Trinajstić information content (AvgIpc) is 3.10. The van der Waals surface area contributed by atoms with E-state index in [0.29, 0.717) is 11.4 Å². The molecule has 1 heterocycles. The van der Waals surface area contributed by atoms with E-state index in [0.717, 1.165) is 0 Å². The molecule has 0 aliphatic heterocycles. The van der Waals surface area contributed by atoms with E-state index in [1.165, 1.54) is 22.8 Å². The van der Waals surface area contributed by atoms with Gasteiger partial charge in [-0.15, -0.1) is 0 Å². The topological polar surface area (TPSA) is 67.8 Å². The van der Waals surface area contributed by atoms with Crippen LogP contribution in [0.25, 0.3) is 17.1 Å². The van der Waals surface area contributed by atoms with Gasteiger partial charge in [0, 0.05) is 5.56 Å². The summed E-state index contributed by atoms with van der Waals surface area (Å²) in [5.74, 6) is -0.0525. The second-order valence-corrected chi connectivity index (χ2v) is 8.32. The van der Waals surface area contributed by atoms with Crippen LogP contribution >= 0.6 is 12.2 Å². The molecule has 0 amide bonds. The number of nitrogens with one attached hydrogen (secondary N) is 1. The van der Waals surface area contributed by atoms with Gasteiger partial charge in [0.1, 0.15) is 5.82 Å². The van der Waals surface area contributed by atoms with Crippen molar-refractivity contribution in [1.82, 2.24) is 14.8 Å². The van der Waals surface area contributed by atoms with Crippen LogP contribution in [0.15, 0.2) is 88.7 Å². The van der Waals surface area contributed by atoms with Gasteiger partial charge >= 0.3 is 0 Å². The fraction of sp³-hybridized carbons (Fsp3) is 0. The smallest absolute Gasteiger partial charge is 0.206 e. The van der Waals surface area contributed by atoms with Crippen molar-refractivity contribution in [2.75, 3.05) is 0 Å². The van der Waals surface area contributed by atoms with Crippen LogP contribution in [0.1, 0.15) is 0 Å². The minimum atomic E-state index is -3.62. The zero-order valence-electron chi connectivity index (χ0n) is 14.4. The van der Waals surface area contributed by atoms with Gasteiger partial charge in [0.25, 0.3) is 0 Å². The van der Waals surface area contributed by atoms with E-state index in [1.807, 2.05) is 0 Å². The molecule has 0 atom stereocenters. The standard InChI is InChI=1S/C20H14FN3O2S2/c21-17-8-4-5-9-18(17)24-19(22-23-20(24)27)14-10-12-16(13-11-14)28(25,26)15-6-2-1-3-7-15/h1-13H,(H,23,27). The number of halogens is 1. The van der Waals surface area contributed by atoms with E-state index < -0.39 is 15.7 Å². The Kier molecular flexibility index (Phi) is 4.66. The molecule has 0 bridgehead atoms. The van der Waals surface area contributed by atoms with Crippen LogP contribution in [-0.4, -0.2) is 23.2 Å². The fourth-order valence-electron chi connectivity index (χ4n) is 2.87. The SMILES string of the molecule is O=S(=O)(c1ccccc1)c1ccc(-c2n[nH]c(=S)n2-c2ccccc2F)cc1. The molecule has 0 radical (unpaired) electrons. The van der Waals surface area contributed by atoms with Crippen molar-refractivity contribution in [3.63, 3.8) is 0 Å². The first-order valence-corrected chi connectivity index (χ1v) is 10.2. The zero-order valence-corrected chi connectivity index (χ0v) is 16.0. The summed E-state index contributed by atoms with van der Waals surface area (Å²) in [4.78, 5) is 0.380. The number of nitrogens with zero attached hydrogens (tertiary/aromatic N) is 2. The predicted octanol–water partition coefficient (Wildman–Crippen LogP) is 4.57. The molecule has 0 saturated carbocycles. The number of aromatic amines is 1. The average molecular weight is 411 g/mol. The summed E-state index contributed by atoms with van der Waals surface area (Å²) in [5.41, 5.74) is 0.861. The molecular formula is C20H14FN3O2S2. The van der Waals surface area contributed by atoms with Crippen LogP contribution in [0.2, 0.25) is 0 Å². The van der Waals surface area contributed by atoms with Gasteiger partial charge in [-0.05, 0) is 60.7 Å². The molecule has 3 aromatic carbocycles. The Morgan fingerprint density at radius 1 is 0.857 bits per heavy atom. The van der Waals surface area contributed by atoms with Crippen molar-refractivity contribution in [3.8, 4) is 17.1 Å². The normalized spacial score (nSPS) is 11.5. The molecule has 0 spiro atoms. The summed E-state index contributed by atoms with van der Waals surface area (Å²) in [6, 6.07) is 20.7. The van der Waals surface area contributed by atoms with E-state index in [9.17, 15) is 12.8 Å². The Hall–Kier alpha value is -3.10. The lowest BCUT2D eigenvalue weighted by Crippen LogP contribution is -2.03. The van der Waals surface area contributed by atoms with Crippen molar-refractivity contribution in [3.05, 3.63) is 89.5 Å². The predicted molar refractivity (Wildman–Crippen MR) is 106 cm³/mol. The lowest BCUT2D eigenvalue weighted by molar-refractivity contribution is 0.596. The Morgan fingerprint density at radius 3 is 2.14 bits per heavy atom. The van der Waals surface area contributed by atoms with Gasteiger partial charge in [0.2, 0.25) is 9.84 Å². The van der Waals surface area contributed by atoms with Crippen molar-refractivity contribution in [2.45, 2.75) is 9.79 Å². The van der Waals surface area contributed by atoms with Crippen LogP contribution < -0.4 is 0 Å². The van der Waals surface area contributed by atoms with Crippen LogP contribution in [0, 0.1) is 10.6 Å². The summed E-state index contributed by atoms with van der Waals surface area (Å²) < 4.78 is 41.4. The number of sulfone groups is 1. The summed E-state index contributed by atoms with van der Waals surface area (Å²) in [7, 11) is -3.62. The first kappa shape index (κ1) is 18.3. The molecule has 0 saturated heterocycles. The number of H-pyrrole nitrogens is 1. The first-order chi connectivity index (χ1) is 13.5. The third kappa shape index (κ3) is 3.17. The highest BCUT2D eigenvalue weighted by atomic mass is 32.2. The highest BCUT2D eigenvalue weighted by molar-refractivity contribution is 7.91. The lowest BCUT2D eigenvalue weighted by Gasteiger charge is -2.09. The molecule has 1 aromatic heterocycles. The molecule has 0 aliphatic rings. The fourth-order valence-corrected chi connectivity index (χ4v) is 4.38. The van der Waals surface area contributed by atoms with Gasteiger partial charge < -0.3 is 0 Å². The van der Waals surface area contributed by atoms with Crippen LogP contribution in [0.3, 0.4) is 0 Å². The molecule has 140 valence electrons. The van der Waals surface area contributed by atoms with Gasteiger partial charge in [0.05, 0.1) is 15.5 Å². The van der Waals surface area contributed by atoms with Crippen molar-refractivity contribution >= 4 is 22.1 Å². The highest BCUT2D eigenvalue weighted by Crippen LogP contribution is 2.26. The molecule has 1 N–H and O–H groups in total. The number of hydrogen-bond donors (Lipinski definition) is 1. The Labute approximate surface area is 166 Å². The number of hydrogen-bond acceptors (Lipinski definition) is 4. The summed E-state index contributed by atoms with van der Waals surface area (Å²) in [6.07, 6.45) is 0. The number of aromatic nitrogens is 3. The molecule has 28 heavy (non-hydrogen) atoms. The molecule has 5 nitrogen and oxygen atoms in total. The maximum atomic E-state index is 14.2. The number of para-hydroxylation sites is 1. The highest BCUT2D eigenvalue weighted by Gasteiger charge is 2.18. The van der Waals surface area contributed by atoms with E-state index in [4.69, 9.17) is 12.2 Å². The minimum Gasteiger partial charge on any atom is -0.265 e. The number of benzene rings is 3. The van der Waals surface area contributed by atoms with E-state index in [2.05, 4.69) is 10.2 Å². The molecule has 0 aliphatic carbocycles. The summed E-state index contributed by atoms with van der Waals surface area (Å²) in [6.45, 7) is 0. The van der Waals surface area contributed by atoms with Gasteiger partial charge in [-0.3, -0.25) is 9.67 Å². The first-order valence-electron chi connectivity index (χ1n) is 8.31. The second kappa shape index (κ2) is 7.14. The Bertz CT molecular complexity index is 1300. The van der Waals surface area contributed by atoms with E-state index in [-0.39, 0.29) is 20.2 Å². The maximum absolute atomic E-state index is 14.2. The van der Waals surface area contributed by atoms with E-state index in [1.54, 1.807) is 60.7 Å². The third-order valence-electron chi connectivity index (χ3n) is 4.24. The van der Waals surface area contributed by atoms with Gasteiger partial charge in [-0.25, -0.2) is 12.8 Å². The van der Waals surface area contributed by atoms with Crippen molar-refractivity contribution < 1.29 is 12.8 Å². The Balaban J connectivity index is 1.78. The van der Waals surface area contributed by atoms with Crippen LogP contribution in [0.4, 0.5) is 4.39 Å². The maximum Gasteiger partial charge on any atom is 0.206 e. The molecule has 0 fully saturated rings. The lowest BCUT2D eigenvalue weighted by atomic mass is 10.2. The molecule has 0 unspecified atom stereocenters. The Morgan fingerprint density at radius 2 is 1.46 bits per heavy atom. The number of rotatable bonds is 4. The van der Waals surface area contributed by atoms with E-state index >= 15 is 0 Å². The molecule has 4 aromatic rings. The summed E-state index contributed by atoms with van der Waals surface area (Å²) >= 11 is 5.25. The largest absolute Gasteiger partial charge is 0.265 e. The molecule has 4 rings (SSSR count). The van der Waals surface area contributed by atoms with Gasteiger partial charge in [-0.1, -0.05) is 30.3 Å². The second-order valence-electron chi connectivity index (χ2n) is 5.98. The summed E-state index contributed by atoms with van der Waals surface area (Å²) in [5, 5.41) is 6.85. The third-order valence-corrected chi connectivity index (χ3v) is 6.30. The van der Waals surface area contributed by atoms with Crippen molar-refractivity contribution in [1.29, 1.82) is 0 Å². The monoisotopic (exact) mass is 411 g/mol. The van der Waals surface area contributed by atoms with Gasteiger partial charge in [-0.2, -0.15) is 5.10 Å². The molecular weight excluding hydrogens is 397 g/mol. The quantitative estimate of drug-likeness (QED) is 0.500. The van der Waals surface area contributed by atoms with Crippen LogP contribution in [0.5, 0.6) is 0 Å². The zero-order chi connectivity index (χ0) is 19.7. The van der Waals surface area contributed by atoms with Crippen molar-refractivity contribution in [2.24, 2.45) is 0 Å². The van der Waals surface area contributed by atoms with Gasteiger partial charge in [0.15, 0.2) is 10.6 Å².